The zero-order valence-corrected chi connectivity index (χ0v) is 10.7. The topological polar surface area (TPSA) is 126 Å². The number of nitrogen functional groups attached to an aromatic ring is 1. The van der Waals surface area contributed by atoms with Gasteiger partial charge in [-0.2, -0.15) is 4.98 Å². The zero-order valence-electron chi connectivity index (χ0n) is 10.7. The van der Waals surface area contributed by atoms with E-state index in [-0.39, 0.29) is 17.2 Å². The van der Waals surface area contributed by atoms with Gasteiger partial charge in [-0.15, -0.1) is 0 Å². The Morgan fingerprint density at radius 3 is 2.67 bits per heavy atom. The Hall–Kier alpha value is -3.29. The van der Waals surface area contributed by atoms with Gasteiger partial charge in [-0.1, -0.05) is 0 Å². The quantitative estimate of drug-likeness (QED) is 0.474. The highest BCUT2D eigenvalue weighted by molar-refractivity contribution is 5.82. The largest absolute Gasteiger partial charge is 0.369 e. The molecule has 8 heteroatoms. The molecule has 4 rings (SSSR count). The third kappa shape index (κ3) is 1.81. The normalized spacial score (nSPS) is 11.2. The van der Waals surface area contributed by atoms with Crippen LogP contribution in [-0.2, 0) is 0 Å². The Bertz CT molecular complexity index is 1030. The summed E-state index contributed by atoms with van der Waals surface area (Å²) in [6, 6.07) is 5.54. The number of fused-ring (bicyclic) bond motifs is 2. The van der Waals surface area contributed by atoms with Crippen LogP contribution < -0.4 is 11.3 Å². The summed E-state index contributed by atoms with van der Waals surface area (Å²) >= 11 is 0. The molecule has 3 heterocycles. The van der Waals surface area contributed by atoms with Crippen molar-refractivity contribution in [2.75, 3.05) is 5.73 Å². The van der Waals surface area contributed by atoms with Crippen molar-refractivity contribution < 1.29 is 0 Å². The number of hydrogen-bond donors (Lipinski definition) is 3. The maximum absolute atomic E-state index is 11.8. The monoisotopic (exact) mass is 279 g/mol. The average molecular weight is 279 g/mol. The number of benzene rings is 1. The van der Waals surface area contributed by atoms with Gasteiger partial charge in [-0.25, -0.2) is 4.98 Å². The van der Waals surface area contributed by atoms with Crippen molar-refractivity contribution in [2.45, 2.75) is 0 Å². The summed E-state index contributed by atoms with van der Waals surface area (Å²) in [4.78, 5) is 33.9. The fourth-order valence-corrected chi connectivity index (χ4v) is 2.17. The molecule has 0 aliphatic carbocycles. The standard InChI is InChI=1S/C13H9N7O/c14-13-19-11-9(12(21)20-13)17-10(18-11)6-1-2-7-8(5-6)16-4-3-15-7/h1-5H,(H4,14,17,18,19,20,21). The van der Waals surface area contributed by atoms with Gasteiger partial charge in [-0.3, -0.25) is 19.7 Å². The van der Waals surface area contributed by atoms with E-state index in [0.29, 0.717) is 11.3 Å². The molecule has 0 spiro atoms. The summed E-state index contributed by atoms with van der Waals surface area (Å²) in [5.74, 6) is 0.566. The molecule has 3 aromatic heterocycles. The highest BCUT2D eigenvalue weighted by Gasteiger charge is 2.11. The second-order valence-electron chi connectivity index (χ2n) is 4.50. The molecule has 0 radical (unpaired) electrons. The number of aromatic nitrogens is 6. The van der Waals surface area contributed by atoms with Crippen molar-refractivity contribution >= 4 is 28.1 Å². The Morgan fingerprint density at radius 1 is 1.00 bits per heavy atom. The van der Waals surface area contributed by atoms with Gasteiger partial charge in [0.2, 0.25) is 5.95 Å². The molecule has 0 aliphatic heterocycles. The van der Waals surface area contributed by atoms with Crippen LogP contribution >= 0.6 is 0 Å². The van der Waals surface area contributed by atoms with Crippen molar-refractivity contribution in [3.63, 3.8) is 0 Å². The lowest BCUT2D eigenvalue weighted by Gasteiger charge is -1.98. The van der Waals surface area contributed by atoms with Crippen LogP contribution in [0.15, 0.2) is 35.4 Å². The van der Waals surface area contributed by atoms with Crippen molar-refractivity contribution in [3.05, 3.63) is 40.9 Å². The van der Waals surface area contributed by atoms with E-state index in [1.807, 2.05) is 18.2 Å². The number of nitrogens with one attached hydrogen (secondary N) is 2. The Morgan fingerprint density at radius 2 is 1.81 bits per heavy atom. The van der Waals surface area contributed by atoms with Crippen LogP contribution in [0.25, 0.3) is 33.6 Å². The van der Waals surface area contributed by atoms with Gasteiger partial charge in [0, 0.05) is 18.0 Å². The molecule has 4 aromatic rings. The second-order valence-corrected chi connectivity index (χ2v) is 4.50. The molecule has 8 nitrogen and oxygen atoms in total. The summed E-state index contributed by atoms with van der Waals surface area (Å²) in [6.07, 6.45) is 3.26. The summed E-state index contributed by atoms with van der Waals surface area (Å²) in [7, 11) is 0. The van der Waals surface area contributed by atoms with Crippen LogP contribution in [0.1, 0.15) is 0 Å². The minimum atomic E-state index is -0.350. The molecule has 0 atom stereocenters. The lowest BCUT2D eigenvalue weighted by molar-refractivity contribution is 1.17. The average Bonchev–Trinajstić information content (AvgIpc) is 2.91. The number of H-pyrrole nitrogens is 2. The zero-order chi connectivity index (χ0) is 14.4. The lowest BCUT2D eigenvalue weighted by Crippen LogP contribution is -2.10. The second kappa shape index (κ2) is 4.10. The van der Waals surface area contributed by atoms with E-state index in [1.54, 1.807) is 12.4 Å². The van der Waals surface area contributed by atoms with E-state index in [1.165, 1.54) is 0 Å². The van der Waals surface area contributed by atoms with E-state index in [9.17, 15) is 4.79 Å². The van der Waals surface area contributed by atoms with E-state index < -0.39 is 0 Å². The lowest BCUT2D eigenvalue weighted by atomic mass is 10.2. The fraction of sp³-hybridized carbons (Fsp3) is 0. The third-order valence-electron chi connectivity index (χ3n) is 3.12. The number of aromatic amines is 2. The summed E-state index contributed by atoms with van der Waals surface area (Å²) in [5, 5.41) is 0. The maximum atomic E-state index is 11.8. The van der Waals surface area contributed by atoms with Crippen molar-refractivity contribution in [2.24, 2.45) is 0 Å². The fourth-order valence-electron chi connectivity index (χ4n) is 2.17. The van der Waals surface area contributed by atoms with Gasteiger partial charge in [0.05, 0.1) is 11.0 Å². The molecule has 21 heavy (non-hydrogen) atoms. The first kappa shape index (κ1) is 11.5. The molecule has 0 amide bonds. The predicted molar refractivity (Wildman–Crippen MR) is 77.5 cm³/mol. The molecule has 102 valence electrons. The molecule has 4 N–H and O–H groups in total. The van der Waals surface area contributed by atoms with Crippen LogP contribution in [0, 0.1) is 0 Å². The molecule has 0 saturated carbocycles. The first-order valence-electron chi connectivity index (χ1n) is 6.17. The van der Waals surface area contributed by atoms with Crippen LogP contribution in [0.3, 0.4) is 0 Å². The van der Waals surface area contributed by atoms with Gasteiger partial charge < -0.3 is 10.7 Å². The van der Waals surface area contributed by atoms with E-state index in [2.05, 4.69) is 29.9 Å². The van der Waals surface area contributed by atoms with E-state index >= 15 is 0 Å². The SMILES string of the molecule is Nc1nc2nc(-c3ccc4nccnc4c3)[nH]c2c(=O)[nH]1. The summed E-state index contributed by atoms with van der Waals surface area (Å²) in [5.41, 5.74) is 8.06. The number of nitrogens with two attached hydrogens (primary N) is 1. The maximum Gasteiger partial charge on any atom is 0.278 e. The van der Waals surface area contributed by atoms with Crippen LogP contribution in [0.2, 0.25) is 0 Å². The van der Waals surface area contributed by atoms with Crippen LogP contribution in [-0.4, -0.2) is 29.9 Å². The highest BCUT2D eigenvalue weighted by atomic mass is 16.1. The van der Waals surface area contributed by atoms with Gasteiger partial charge in [0.15, 0.2) is 11.2 Å². The molecule has 0 saturated heterocycles. The predicted octanol–water partition coefficient (Wildman–Crippen LogP) is 0.839. The van der Waals surface area contributed by atoms with Gasteiger partial charge in [-0.05, 0) is 18.2 Å². The Kier molecular flexibility index (Phi) is 2.25. The van der Waals surface area contributed by atoms with Gasteiger partial charge in [0.1, 0.15) is 5.82 Å². The molecular formula is C13H9N7O. The number of rotatable bonds is 1. The highest BCUT2D eigenvalue weighted by Crippen LogP contribution is 2.21. The molecule has 0 unspecified atom stereocenters. The van der Waals surface area contributed by atoms with Crippen molar-refractivity contribution in [3.8, 4) is 11.4 Å². The molecule has 0 aliphatic rings. The van der Waals surface area contributed by atoms with E-state index in [0.717, 1.165) is 16.6 Å². The van der Waals surface area contributed by atoms with Crippen LogP contribution in [0.4, 0.5) is 5.95 Å². The smallest absolute Gasteiger partial charge is 0.278 e. The first-order valence-corrected chi connectivity index (χ1v) is 6.17. The molecule has 0 fully saturated rings. The van der Waals surface area contributed by atoms with E-state index in [4.69, 9.17) is 5.73 Å². The van der Waals surface area contributed by atoms with Crippen LogP contribution in [0.5, 0.6) is 0 Å². The Balaban J connectivity index is 1.95. The number of anilines is 1. The van der Waals surface area contributed by atoms with Crippen molar-refractivity contribution in [1.82, 2.24) is 29.9 Å². The number of nitrogens with zero attached hydrogens (tertiary/aromatic N) is 4. The summed E-state index contributed by atoms with van der Waals surface area (Å²) in [6.45, 7) is 0. The molecule has 0 bridgehead atoms. The minimum Gasteiger partial charge on any atom is -0.369 e. The molecular weight excluding hydrogens is 270 g/mol. The molecule has 1 aromatic carbocycles. The Labute approximate surface area is 117 Å². The third-order valence-corrected chi connectivity index (χ3v) is 3.12. The minimum absolute atomic E-state index is 0.0370. The first-order chi connectivity index (χ1) is 10.2. The number of imidazole rings is 1. The van der Waals surface area contributed by atoms with Gasteiger partial charge >= 0.3 is 0 Å². The van der Waals surface area contributed by atoms with Crippen molar-refractivity contribution in [1.29, 1.82) is 0 Å². The summed E-state index contributed by atoms with van der Waals surface area (Å²) < 4.78 is 0. The number of hydrogen-bond acceptors (Lipinski definition) is 6. The van der Waals surface area contributed by atoms with Gasteiger partial charge in [0.25, 0.3) is 5.56 Å².